The number of para-hydroxylation sites is 2. The Balaban J connectivity index is 1.38. The van der Waals surface area contributed by atoms with Gasteiger partial charge in [-0.3, -0.25) is 9.52 Å². The summed E-state index contributed by atoms with van der Waals surface area (Å²) in [6.07, 6.45) is 0.603. The van der Waals surface area contributed by atoms with Gasteiger partial charge in [-0.15, -0.1) is 0 Å². The highest BCUT2D eigenvalue weighted by Gasteiger charge is 2.21. The van der Waals surface area contributed by atoms with Crippen LogP contribution in [0.1, 0.15) is 16.8 Å². The normalized spacial score (nSPS) is 12.6. The van der Waals surface area contributed by atoms with Crippen LogP contribution >= 0.6 is 0 Å². The van der Waals surface area contributed by atoms with E-state index in [-0.39, 0.29) is 22.1 Å². The molecule has 0 atom stereocenters. The minimum Gasteiger partial charge on any atom is -0.494 e. The summed E-state index contributed by atoms with van der Waals surface area (Å²) in [5, 5.41) is 2.80. The molecule has 0 saturated carbocycles. The van der Waals surface area contributed by atoms with E-state index in [1.165, 1.54) is 12.1 Å². The van der Waals surface area contributed by atoms with Crippen molar-refractivity contribution in [2.75, 3.05) is 31.1 Å². The van der Waals surface area contributed by atoms with Crippen molar-refractivity contribution in [2.45, 2.75) is 11.3 Å². The summed E-state index contributed by atoms with van der Waals surface area (Å²) in [5.74, 6) is 1.25. The predicted octanol–water partition coefficient (Wildman–Crippen LogP) is 3.46. The van der Waals surface area contributed by atoms with E-state index in [0.29, 0.717) is 44.3 Å². The zero-order valence-corrected chi connectivity index (χ0v) is 18.6. The van der Waals surface area contributed by atoms with Crippen molar-refractivity contribution in [1.82, 2.24) is 5.32 Å². The third-order valence-corrected chi connectivity index (χ3v) is 6.22. The lowest BCUT2D eigenvalue weighted by atomic mass is 10.1. The second-order valence-electron chi connectivity index (χ2n) is 7.23. The monoisotopic (exact) mass is 468 g/mol. The second-order valence-corrected chi connectivity index (χ2v) is 8.91. The van der Waals surface area contributed by atoms with Gasteiger partial charge in [0.15, 0.2) is 11.5 Å². The maximum Gasteiger partial charge on any atom is 0.262 e. The third kappa shape index (κ3) is 5.75. The summed E-state index contributed by atoms with van der Waals surface area (Å²) >= 11 is 0. The molecule has 3 aromatic rings. The third-order valence-electron chi connectivity index (χ3n) is 4.86. The van der Waals surface area contributed by atoms with Crippen molar-refractivity contribution >= 4 is 21.6 Å². The molecule has 8 nitrogen and oxygen atoms in total. The average molecular weight is 469 g/mol. The molecule has 1 heterocycles. The van der Waals surface area contributed by atoms with Crippen LogP contribution in [0, 0.1) is 0 Å². The molecule has 0 unspecified atom stereocenters. The summed E-state index contributed by atoms with van der Waals surface area (Å²) in [6, 6.07) is 20.3. The number of rotatable bonds is 9. The van der Waals surface area contributed by atoms with Gasteiger partial charge in [-0.25, -0.2) is 8.42 Å². The van der Waals surface area contributed by atoms with Gasteiger partial charge in [-0.1, -0.05) is 30.3 Å². The molecule has 0 radical (unpaired) electrons. The number of benzene rings is 3. The topological polar surface area (TPSA) is 103 Å². The smallest absolute Gasteiger partial charge is 0.262 e. The fraction of sp³-hybridized carbons (Fsp3) is 0.208. The number of hydrogen-bond donors (Lipinski definition) is 2. The highest BCUT2D eigenvalue weighted by Crippen LogP contribution is 2.33. The van der Waals surface area contributed by atoms with Crippen molar-refractivity contribution in [3.63, 3.8) is 0 Å². The van der Waals surface area contributed by atoms with Gasteiger partial charge in [0.1, 0.15) is 19.0 Å². The largest absolute Gasteiger partial charge is 0.494 e. The number of carbonyl (C=O) groups excluding carboxylic acids is 1. The number of amides is 1. The Morgan fingerprint density at radius 1 is 0.909 bits per heavy atom. The van der Waals surface area contributed by atoms with E-state index in [2.05, 4.69) is 10.0 Å². The first-order valence-corrected chi connectivity index (χ1v) is 12.0. The van der Waals surface area contributed by atoms with Crippen LogP contribution in [0.15, 0.2) is 77.7 Å². The van der Waals surface area contributed by atoms with Crippen LogP contribution < -0.4 is 24.2 Å². The van der Waals surface area contributed by atoms with Crippen LogP contribution in [0.4, 0.5) is 5.69 Å². The molecule has 0 fully saturated rings. The fourth-order valence-electron chi connectivity index (χ4n) is 3.24. The van der Waals surface area contributed by atoms with Gasteiger partial charge in [-0.2, -0.15) is 0 Å². The van der Waals surface area contributed by atoms with Crippen molar-refractivity contribution in [2.24, 2.45) is 0 Å². The van der Waals surface area contributed by atoms with Crippen molar-refractivity contribution < 1.29 is 27.4 Å². The molecule has 0 saturated heterocycles. The Labute approximate surface area is 192 Å². The molecule has 0 aliphatic carbocycles. The van der Waals surface area contributed by atoms with E-state index in [9.17, 15) is 13.2 Å². The van der Waals surface area contributed by atoms with Gasteiger partial charge in [0.25, 0.3) is 15.9 Å². The lowest BCUT2D eigenvalue weighted by Crippen LogP contribution is -2.27. The lowest BCUT2D eigenvalue weighted by molar-refractivity contribution is 0.0952. The van der Waals surface area contributed by atoms with E-state index < -0.39 is 10.0 Å². The Hall–Kier alpha value is -3.72. The summed E-state index contributed by atoms with van der Waals surface area (Å²) in [5.41, 5.74) is 0.410. The Bertz CT molecular complexity index is 1210. The first-order chi connectivity index (χ1) is 16.0. The maximum absolute atomic E-state index is 12.9. The summed E-state index contributed by atoms with van der Waals surface area (Å²) < 4.78 is 44.9. The molecule has 4 rings (SSSR count). The molecule has 0 spiro atoms. The van der Waals surface area contributed by atoms with E-state index in [4.69, 9.17) is 14.2 Å². The van der Waals surface area contributed by atoms with Crippen molar-refractivity contribution in [1.29, 1.82) is 0 Å². The van der Waals surface area contributed by atoms with E-state index in [1.54, 1.807) is 30.3 Å². The number of nitrogens with one attached hydrogen (secondary N) is 2. The number of sulfonamides is 1. The molecule has 3 aromatic carbocycles. The van der Waals surface area contributed by atoms with E-state index in [0.717, 1.165) is 5.75 Å². The average Bonchev–Trinajstić information content (AvgIpc) is 2.84. The number of hydrogen-bond acceptors (Lipinski definition) is 6. The van der Waals surface area contributed by atoms with Gasteiger partial charge in [-0.05, 0) is 42.8 Å². The molecule has 0 aromatic heterocycles. The van der Waals surface area contributed by atoms with Crippen LogP contribution in [0.5, 0.6) is 17.2 Å². The predicted molar refractivity (Wildman–Crippen MR) is 124 cm³/mol. The quantitative estimate of drug-likeness (QED) is 0.466. The van der Waals surface area contributed by atoms with Crippen molar-refractivity contribution in [3.8, 4) is 17.2 Å². The molecule has 2 N–H and O–H groups in total. The molecular formula is C24H24N2O6S. The summed E-state index contributed by atoms with van der Waals surface area (Å²) in [7, 11) is -3.95. The van der Waals surface area contributed by atoms with Gasteiger partial charge < -0.3 is 19.5 Å². The molecule has 172 valence electrons. The summed E-state index contributed by atoms with van der Waals surface area (Å²) in [6.45, 7) is 1.60. The zero-order valence-electron chi connectivity index (χ0n) is 17.8. The molecule has 1 aliphatic rings. The van der Waals surface area contributed by atoms with Gasteiger partial charge >= 0.3 is 0 Å². The molecule has 1 amide bonds. The van der Waals surface area contributed by atoms with Crippen LogP contribution in [0.2, 0.25) is 0 Å². The molecular weight excluding hydrogens is 444 g/mol. The molecule has 0 bridgehead atoms. The Morgan fingerprint density at radius 2 is 1.64 bits per heavy atom. The van der Waals surface area contributed by atoms with Gasteiger partial charge in [0, 0.05) is 12.6 Å². The fourth-order valence-corrected chi connectivity index (χ4v) is 4.34. The number of anilines is 1. The minimum atomic E-state index is -3.95. The van der Waals surface area contributed by atoms with Crippen LogP contribution in [-0.4, -0.2) is 40.7 Å². The second kappa shape index (κ2) is 10.3. The number of carbonyl (C=O) groups is 1. The highest BCUT2D eigenvalue weighted by molar-refractivity contribution is 7.92. The first kappa shape index (κ1) is 22.5. The summed E-state index contributed by atoms with van der Waals surface area (Å²) in [4.78, 5) is 12.7. The SMILES string of the molecule is O=C(NCCCOc1ccccc1)c1ccccc1NS(=O)(=O)c1ccc2c(c1)OCCO2. The van der Waals surface area contributed by atoms with Gasteiger partial charge in [0.2, 0.25) is 0 Å². The number of fused-ring (bicyclic) bond motifs is 1. The van der Waals surface area contributed by atoms with Crippen LogP contribution in [-0.2, 0) is 10.0 Å². The molecule has 9 heteroatoms. The van der Waals surface area contributed by atoms with Gasteiger partial charge in [0.05, 0.1) is 22.8 Å². The minimum absolute atomic E-state index is 0.0139. The number of ether oxygens (including phenoxy) is 3. The lowest BCUT2D eigenvalue weighted by Gasteiger charge is -2.19. The molecule has 33 heavy (non-hydrogen) atoms. The standard InChI is InChI=1S/C24H24N2O6S/c27-24(25-13-6-14-30-18-7-2-1-3-8-18)20-9-4-5-10-21(20)26-33(28,29)19-11-12-22-23(17-19)32-16-15-31-22/h1-5,7-12,17,26H,6,13-16H2,(H,25,27). The van der Waals surface area contributed by atoms with E-state index in [1.807, 2.05) is 30.3 Å². The van der Waals surface area contributed by atoms with Crippen molar-refractivity contribution in [3.05, 3.63) is 78.4 Å². The van der Waals surface area contributed by atoms with Crippen LogP contribution in [0.3, 0.4) is 0 Å². The van der Waals surface area contributed by atoms with E-state index >= 15 is 0 Å². The Morgan fingerprint density at radius 3 is 2.45 bits per heavy atom. The molecule has 1 aliphatic heterocycles. The highest BCUT2D eigenvalue weighted by atomic mass is 32.2. The zero-order chi connectivity index (χ0) is 23.1. The van der Waals surface area contributed by atoms with Crippen LogP contribution in [0.25, 0.3) is 0 Å². The first-order valence-electron chi connectivity index (χ1n) is 10.5. The Kier molecular flexibility index (Phi) is 6.99. The maximum atomic E-state index is 12.9.